The lowest BCUT2D eigenvalue weighted by Crippen LogP contribution is -2.46. The standard InChI is InChI=1S/C14H17N5O3/c1-7-4-9(2-3-15-7)17-12(20)8-5-10-11(16-6-8)18-14(22)19-13(10)21/h5-7,9,15H,2-4H2,1H3,(H,17,20)(H2,16,18,19,21,22). The van der Waals surface area contributed by atoms with Gasteiger partial charge in [0.2, 0.25) is 0 Å². The summed E-state index contributed by atoms with van der Waals surface area (Å²) in [6, 6.07) is 1.91. The Kier molecular flexibility index (Phi) is 3.76. The van der Waals surface area contributed by atoms with Crippen molar-refractivity contribution in [2.75, 3.05) is 6.54 Å². The predicted octanol–water partition coefficient (Wildman–Crippen LogP) is -0.518. The number of piperidine rings is 1. The van der Waals surface area contributed by atoms with Gasteiger partial charge in [0.15, 0.2) is 0 Å². The first-order chi connectivity index (χ1) is 10.5. The highest BCUT2D eigenvalue weighted by molar-refractivity contribution is 5.96. The number of fused-ring (bicyclic) bond motifs is 1. The van der Waals surface area contributed by atoms with Crippen molar-refractivity contribution < 1.29 is 4.79 Å². The van der Waals surface area contributed by atoms with Crippen molar-refractivity contribution in [1.82, 2.24) is 25.6 Å². The highest BCUT2D eigenvalue weighted by Gasteiger charge is 2.20. The van der Waals surface area contributed by atoms with Gasteiger partial charge in [-0.15, -0.1) is 0 Å². The van der Waals surface area contributed by atoms with E-state index in [0.717, 1.165) is 19.4 Å². The van der Waals surface area contributed by atoms with Gasteiger partial charge in [0.05, 0.1) is 10.9 Å². The zero-order chi connectivity index (χ0) is 15.7. The Bertz CT molecular complexity index is 825. The van der Waals surface area contributed by atoms with E-state index in [4.69, 9.17) is 0 Å². The predicted molar refractivity (Wildman–Crippen MR) is 80.9 cm³/mol. The SMILES string of the molecule is CC1CC(NC(=O)c2cnc3[nH]c(=O)[nH]c(=O)c3c2)CCN1. The summed E-state index contributed by atoms with van der Waals surface area (Å²) in [5, 5.41) is 6.46. The number of aromatic nitrogens is 3. The third-order valence-electron chi connectivity index (χ3n) is 3.81. The van der Waals surface area contributed by atoms with E-state index < -0.39 is 11.2 Å². The number of hydrogen-bond donors (Lipinski definition) is 4. The van der Waals surface area contributed by atoms with Gasteiger partial charge in [-0.25, -0.2) is 9.78 Å². The van der Waals surface area contributed by atoms with Crippen molar-refractivity contribution in [3.05, 3.63) is 38.7 Å². The number of carbonyl (C=O) groups is 1. The summed E-state index contributed by atoms with van der Waals surface area (Å²) in [5.74, 6) is -0.265. The van der Waals surface area contributed by atoms with Crippen molar-refractivity contribution >= 4 is 16.9 Å². The van der Waals surface area contributed by atoms with Crippen LogP contribution in [0.25, 0.3) is 11.0 Å². The molecular weight excluding hydrogens is 286 g/mol. The molecule has 2 aromatic rings. The number of nitrogens with one attached hydrogen (secondary N) is 4. The van der Waals surface area contributed by atoms with E-state index in [-0.39, 0.29) is 23.0 Å². The van der Waals surface area contributed by atoms with Crippen molar-refractivity contribution in [3.8, 4) is 0 Å². The average Bonchev–Trinajstić information content (AvgIpc) is 2.46. The molecule has 1 aliphatic rings. The van der Waals surface area contributed by atoms with Gasteiger partial charge in [-0.1, -0.05) is 0 Å². The Labute approximate surface area is 125 Å². The molecule has 2 unspecified atom stereocenters. The maximum atomic E-state index is 12.3. The van der Waals surface area contributed by atoms with Gasteiger partial charge < -0.3 is 10.6 Å². The average molecular weight is 303 g/mol. The summed E-state index contributed by atoms with van der Waals surface area (Å²) in [4.78, 5) is 43.7. The summed E-state index contributed by atoms with van der Waals surface area (Å²) in [5.41, 5.74) is -0.709. The summed E-state index contributed by atoms with van der Waals surface area (Å²) in [6.45, 7) is 2.94. The quantitative estimate of drug-likeness (QED) is 0.595. The molecule has 2 atom stereocenters. The zero-order valence-corrected chi connectivity index (χ0v) is 12.1. The molecule has 1 saturated heterocycles. The number of aromatic amines is 2. The van der Waals surface area contributed by atoms with Crippen LogP contribution in [-0.4, -0.2) is 39.5 Å². The molecule has 0 radical (unpaired) electrons. The van der Waals surface area contributed by atoms with Crippen LogP contribution in [-0.2, 0) is 0 Å². The minimum absolute atomic E-state index is 0.105. The maximum Gasteiger partial charge on any atom is 0.327 e. The number of rotatable bonds is 2. The zero-order valence-electron chi connectivity index (χ0n) is 12.1. The highest BCUT2D eigenvalue weighted by atomic mass is 16.2. The van der Waals surface area contributed by atoms with Crippen LogP contribution in [0.2, 0.25) is 0 Å². The van der Waals surface area contributed by atoms with E-state index in [1.807, 2.05) is 0 Å². The molecular formula is C14H17N5O3. The number of hydrogen-bond acceptors (Lipinski definition) is 5. The first kappa shape index (κ1) is 14.5. The second kappa shape index (κ2) is 5.72. The molecule has 4 N–H and O–H groups in total. The van der Waals surface area contributed by atoms with Crippen LogP contribution in [0, 0.1) is 0 Å². The number of nitrogens with zero attached hydrogens (tertiary/aromatic N) is 1. The van der Waals surface area contributed by atoms with E-state index >= 15 is 0 Å². The van der Waals surface area contributed by atoms with Crippen molar-refractivity contribution in [2.24, 2.45) is 0 Å². The normalized spacial score (nSPS) is 21.7. The Morgan fingerprint density at radius 3 is 2.95 bits per heavy atom. The molecule has 1 amide bonds. The Morgan fingerprint density at radius 1 is 1.36 bits per heavy atom. The van der Waals surface area contributed by atoms with E-state index in [0.29, 0.717) is 11.6 Å². The summed E-state index contributed by atoms with van der Waals surface area (Å²) < 4.78 is 0. The lowest BCUT2D eigenvalue weighted by molar-refractivity contribution is 0.0925. The fourth-order valence-corrected chi connectivity index (χ4v) is 2.70. The minimum atomic E-state index is -0.620. The third kappa shape index (κ3) is 2.91. The van der Waals surface area contributed by atoms with Gasteiger partial charge in [0, 0.05) is 18.3 Å². The van der Waals surface area contributed by atoms with Crippen LogP contribution in [0.5, 0.6) is 0 Å². The van der Waals surface area contributed by atoms with E-state index in [2.05, 4.69) is 32.5 Å². The second-order valence-electron chi connectivity index (χ2n) is 5.58. The summed E-state index contributed by atoms with van der Waals surface area (Å²) >= 11 is 0. The minimum Gasteiger partial charge on any atom is -0.349 e. The lowest BCUT2D eigenvalue weighted by Gasteiger charge is -2.28. The molecule has 8 heteroatoms. The molecule has 1 aliphatic heterocycles. The van der Waals surface area contributed by atoms with Gasteiger partial charge >= 0.3 is 5.69 Å². The molecule has 1 fully saturated rings. The summed E-state index contributed by atoms with van der Waals surface area (Å²) in [6.07, 6.45) is 3.09. The van der Waals surface area contributed by atoms with Crippen LogP contribution in [0.4, 0.5) is 0 Å². The Hall–Kier alpha value is -2.48. The summed E-state index contributed by atoms with van der Waals surface area (Å²) in [7, 11) is 0. The molecule has 0 spiro atoms. The van der Waals surface area contributed by atoms with Gasteiger partial charge in [0.1, 0.15) is 5.65 Å². The Morgan fingerprint density at radius 2 is 2.18 bits per heavy atom. The van der Waals surface area contributed by atoms with E-state index in [1.165, 1.54) is 12.3 Å². The molecule has 22 heavy (non-hydrogen) atoms. The molecule has 116 valence electrons. The van der Waals surface area contributed by atoms with Gasteiger partial charge in [-0.2, -0.15) is 0 Å². The van der Waals surface area contributed by atoms with Gasteiger partial charge in [-0.05, 0) is 32.4 Å². The molecule has 8 nitrogen and oxygen atoms in total. The highest BCUT2D eigenvalue weighted by Crippen LogP contribution is 2.10. The first-order valence-electron chi connectivity index (χ1n) is 7.19. The number of H-pyrrole nitrogens is 2. The maximum absolute atomic E-state index is 12.3. The van der Waals surface area contributed by atoms with Crippen molar-refractivity contribution in [2.45, 2.75) is 31.8 Å². The van der Waals surface area contributed by atoms with Crippen LogP contribution in [0.15, 0.2) is 21.9 Å². The molecule has 0 aromatic carbocycles. The molecule has 3 rings (SSSR count). The van der Waals surface area contributed by atoms with E-state index in [1.54, 1.807) is 0 Å². The number of carbonyl (C=O) groups excluding carboxylic acids is 1. The van der Waals surface area contributed by atoms with Crippen LogP contribution < -0.4 is 21.9 Å². The molecule has 2 aromatic heterocycles. The van der Waals surface area contributed by atoms with Crippen molar-refractivity contribution in [3.63, 3.8) is 0 Å². The fraction of sp³-hybridized carbons (Fsp3) is 0.429. The molecule has 3 heterocycles. The van der Waals surface area contributed by atoms with Gasteiger partial charge in [0.25, 0.3) is 11.5 Å². The second-order valence-corrected chi connectivity index (χ2v) is 5.58. The number of pyridine rings is 1. The molecule has 0 aliphatic carbocycles. The monoisotopic (exact) mass is 303 g/mol. The fourth-order valence-electron chi connectivity index (χ4n) is 2.70. The number of amides is 1. The van der Waals surface area contributed by atoms with Crippen molar-refractivity contribution in [1.29, 1.82) is 0 Å². The Balaban J connectivity index is 1.85. The van der Waals surface area contributed by atoms with Crippen LogP contribution in [0.3, 0.4) is 0 Å². The van der Waals surface area contributed by atoms with Crippen LogP contribution >= 0.6 is 0 Å². The van der Waals surface area contributed by atoms with E-state index in [9.17, 15) is 14.4 Å². The molecule has 0 bridgehead atoms. The topological polar surface area (TPSA) is 120 Å². The smallest absolute Gasteiger partial charge is 0.327 e. The lowest BCUT2D eigenvalue weighted by atomic mass is 10.0. The largest absolute Gasteiger partial charge is 0.349 e. The van der Waals surface area contributed by atoms with Gasteiger partial charge in [-0.3, -0.25) is 19.6 Å². The third-order valence-corrected chi connectivity index (χ3v) is 3.81. The first-order valence-corrected chi connectivity index (χ1v) is 7.19. The molecule has 0 saturated carbocycles. The van der Waals surface area contributed by atoms with Crippen LogP contribution in [0.1, 0.15) is 30.1 Å².